The van der Waals surface area contributed by atoms with Crippen molar-refractivity contribution >= 4 is 34.3 Å². The SMILES string of the molecule is COC(=O)c1ccc(C)c(NC(=O)Cn2nc(C(=O)O)c3ccccc3c2=O)c1. The first-order valence-corrected chi connectivity index (χ1v) is 8.53. The highest BCUT2D eigenvalue weighted by atomic mass is 16.5. The van der Waals surface area contributed by atoms with Crippen LogP contribution in [-0.4, -0.2) is 39.8 Å². The van der Waals surface area contributed by atoms with Gasteiger partial charge in [0.1, 0.15) is 6.54 Å². The molecule has 29 heavy (non-hydrogen) atoms. The summed E-state index contributed by atoms with van der Waals surface area (Å²) >= 11 is 0. The van der Waals surface area contributed by atoms with Crippen molar-refractivity contribution in [3.05, 3.63) is 69.6 Å². The van der Waals surface area contributed by atoms with E-state index in [1.807, 2.05) is 0 Å². The predicted molar refractivity (Wildman–Crippen MR) is 104 cm³/mol. The Labute approximate surface area is 164 Å². The summed E-state index contributed by atoms with van der Waals surface area (Å²) in [6, 6.07) is 10.8. The molecule has 0 atom stereocenters. The van der Waals surface area contributed by atoms with E-state index < -0.39 is 29.9 Å². The molecule has 0 aliphatic carbocycles. The normalized spacial score (nSPS) is 10.6. The van der Waals surface area contributed by atoms with Crippen molar-refractivity contribution in [1.29, 1.82) is 0 Å². The van der Waals surface area contributed by atoms with Crippen molar-refractivity contribution in [2.75, 3.05) is 12.4 Å². The monoisotopic (exact) mass is 395 g/mol. The van der Waals surface area contributed by atoms with Crippen LogP contribution in [0.3, 0.4) is 0 Å². The number of carboxylic acids is 1. The molecule has 1 heterocycles. The lowest BCUT2D eigenvalue weighted by Crippen LogP contribution is -2.31. The van der Waals surface area contributed by atoms with E-state index in [0.29, 0.717) is 11.3 Å². The van der Waals surface area contributed by atoms with Gasteiger partial charge in [-0.05, 0) is 30.7 Å². The smallest absolute Gasteiger partial charge is 0.357 e. The number of benzene rings is 2. The number of aryl methyl sites for hydroxylation is 1. The van der Waals surface area contributed by atoms with Crippen LogP contribution in [0, 0.1) is 6.92 Å². The number of hydrogen-bond acceptors (Lipinski definition) is 6. The molecule has 0 saturated heterocycles. The quantitative estimate of drug-likeness (QED) is 0.631. The molecule has 0 aliphatic heterocycles. The summed E-state index contributed by atoms with van der Waals surface area (Å²) in [6.45, 7) is 1.24. The maximum Gasteiger partial charge on any atom is 0.357 e. The van der Waals surface area contributed by atoms with Gasteiger partial charge in [-0.2, -0.15) is 5.10 Å². The van der Waals surface area contributed by atoms with Gasteiger partial charge in [0.2, 0.25) is 5.91 Å². The number of ether oxygens (including phenoxy) is 1. The van der Waals surface area contributed by atoms with E-state index in [1.54, 1.807) is 31.2 Å². The molecular weight excluding hydrogens is 378 g/mol. The van der Waals surface area contributed by atoms with Gasteiger partial charge in [-0.3, -0.25) is 9.59 Å². The van der Waals surface area contributed by atoms with Crippen molar-refractivity contribution in [3.8, 4) is 0 Å². The zero-order valence-electron chi connectivity index (χ0n) is 15.6. The number of hydrogen-bond donors (Lipinski definition) is 2. The second-order valence-corrected chi connectivity index (χ2v) is 6.23. The van der Waals surface area contributed by atoms with E-state index in [-0.39, 0.29) is 22.0 Å². The van der Waals surface area contributed by atoms with Crippen LogP contribution < -0.4 is 10.9 Å². The Kier molecular flexibility index (Phi) is 5.40. The van der Waals surface area contributed by atoms with Crippen LogP contribution in [0.2, 0.25) is 0 Å². The number of carboxylic acid groups (broad SMARTS) is 1. The highest BCUT2D eigenvalue weighted by molar-refractivity contribution is 6.01. The van der Waals surface area contributed by atoms with E-state index in [9.17, 15) is 24.3 Å². The molecule has 0 fully saturated rings. The number of nitrogens with zero attached hydrogens (tertiary/aromatic N) is 2. The predicted octanol–water partition coefficient (Wildman–Crippen LogP) is 1.83. The minimum absolute atomic E-state index is 0.150. The summed E-state index contributed by atoms with van der Waals surface area (Å²) in [6.07, 6.45) is 0. The highest BCUT2D eigenvalue weighted by Gasteiger charge is 2.17. The van der Waals surface area contributed by atoms with Gasteiger partial charge in [-0.25, -0.2) is 14.3 Å². The molecule has 3 aromatic rings. The molecule has 3 rings (SSSR count). The summed E-state index contributed by atoms with van der Waals surface area (Å²) in [5.74, 6) is -2.47. The minimum atomic E-state index is -1.31. The summed E-state index contributed by atoms with van der Waals surface area (Å²) in [5.41, 5.74) is 0.404. The first kappa shape index (κ1) is 19.7. The van der Waals surface area contributed by atoms with Crippen LogP contribution in [0.25, 0.3) is 10.8 Å². The van der Waals surface area contributed by atoms with Crippen LogP contribution in [0.5, 0.6) is 0 Å². The first-order chi connectivity index (χ1) is 13.8. The highest BCUT2D eigenvalue weighted by Crippen LogP contribution is 2.18. The third-order valence-electron chi connectivity index (χ3n) is 4.30. The van der Waals surface area contributed by atoms with Crippen LogP contribution >= 0.6 is 0 Å². The van der Waals surface area contributed by atoms with Gasteiger partial charge in [-0.1, -0.05) is 24.3 Å². The molecule has 0 spiro atoms. The van der Waals surface area contributed by atoms with Crippen molar-refractivity contribution in [2.24, 2.45) is 0 Å². The number of aromatic carboxylic acids is 1. The Morgan fingerprint density at radius 1 is 1.14 bits per heavy atom. The molecule has 2 aromatic carbocycles. The van der Waals surface area contributed by atoms with Crippen molar-refractivity contribution in [1.82, 2.24) is 9.78 Å². The Balaban J connectivity index is 1.93. The lowest BCUT2D eigenvalue weighted by Gasteiger charge is -2.12. The number of amides is 1. The van der Waals surface area contributed by atoms with Crippen molar-refractivity contribution in [3.63, 3.8) is 0 Å². The van der Waals surface area contributed by atoms with Crippen LogP contribution in [-0.2, 0) is 16.1 Å². The number of methoxy groups -OCH3 is 1. The average Bonchev–Trinajstić information content (AvgIpc) is 2.71. The number of aromatic nitrogens is 2. The van der Waals surface area contributed by atoms with Gasteiger partial charge in [0.15, 0.2) is 5.69 Å². The third-order valence-corrected chi connectivity index (χ3v) is 4.30. The molecule has 0 bridgehead atoms. The summed E-state index contributed by atoms with van der Waals surface area (Å²) in [7, 11) is 1.25. The third kappa shape index (κ3) is 3.98. The molecule has 0 saturated carbocycles. The lowest BCUT2D eigenvalue weighted by molar-refractivity contribution is -0.117. The number of esters is 1. The molecule has 0 aliphatic rings. The maximum atomic E-state index is 12.6. The van der Waals surface area contributed by atoms with Crippen molar-refractivity contribution < 1.29 is 24.2 Å². The molecule has 2 N–H and O–H groups in total. The van der Waals surface area contributed by atoms with Gasteiger partial charge in [0, 0.05) is 11.1 Å². The van der Waals surface area contributed by atoms with Crippen LogP contribution in [0.4, 0.5) is 5.69 Å². The zero-order valence-corrected chi connectivity index (χ0v) is 15.6. The lowest BCUT2D eigenvalue weighted by atomic mass is 10.1. The number of nitrogens with one attached hydrogen (secondary N) is 1. The number of carbonyl (C=O) groups is 3. The minimum Gasteiger partial charge on any atom is -0.476 e. The van der Waals surface area contributed by atoms with Gasteiger partial charge >= 0.3 is 11.9 Å². The Bertz CT molecular complexity index is 1200. The number of carbonyl (C=O) groups excluding carboxylic acids is 2. The van der Waals surface area contributed by atoms with Gasteiger partial charge in [-0.15, -0.1) is 0 Å². The first-order valence-electron chi connectivity index (χ1n) is 8.53. The van der Waals surface area contributed by atoms with Gasteiger partial charge in [0.25, 0.3) is 5.56 Å². The molecule has 9 heteroatoms. The summed E-state index contributed by atoms with van der Waals surface area (Å²) < 4.78 is 5.47. The van der Waals surface area contributed by atoms with E-state index in [0.717, 1.165) is 4.68 Å². The molecule has 0 unspecified atom stereocenters. The zero-order chi connectivity index (χ0) is 21.1. The molecule has 1 aromatic heterocycles. The number of fused-ring (bicyclic) bond motifs is 1. The second-order valence-electron chi connectivity index (χ2n) is 6.23. The standard InChI is InChI=1S/C20H17N3O6/c1-11-7-8-12(20(28)29-2)9-15(11)21-16(24)10-23-18(25)14-6-4-3-5-13(14)17(22-23)19(26)27/h3-9H,10H2,1-2H3,(H,21,24)(H,26,27). The van der Waals surface area contributed by atoms with E-state index in [4.69, 9.17) is 0 Å². The van der Waals surface area contributed by atoms with Crippen LogP contribution in [0.15, 0.2) is 47.3 Å². The largest absolute Gasteiger partial charge is 0.476 e. The number of anilines is 1. The van der Waals surface area contributed by atoms with E-state index in [1.165, 1.54) is 25.3 Å². The Morgan fingerprint density at radius 2 is 1.83 bits per heavy atom. The van der Waals surface area contributed by atoms with E-state index >= 15 is 0 Å². The van der Waals surface area contributed by atoms with Gasteiger partial charge < -0.3 is 15.2 Å². The molecule has 148 valence electrons. The summed E-state index contributed by atoms with van der Waals surface area (Å²) in [4.78, 5) is 48.3. The fourth-order valence-electron chi connectivity index (χ4n) is 2.83. The fraction of sp³-hybridized carbons (Fsp3) is 0.150. The number of rotatable bonds is 5. The Hall–Kier alpha value is -4.01. The topological polar surface area (TPSA) is 128 Å². The Morgan fingerprint density at radius 3 is 2.48 bits per heavy atom. The molecule has 1 amide bonds. The van der Waals surface area contributed by atoms with Crippen molar-refractivity contribution in [2.45, 2.75) is 13.5 Å². The molecule has 0 radical (unpaired) electrons. The molecule has 9 nitrogen and oxygen atoms in total. The van der Waals surface area contributed by atoms with E-state index in [2.05, 4.69) is 15.2 Å². The maximum absolute atomic E-state index is 12.6. The molecular formula is C20H17N3O6. The van der Waals surface area contributed by atoms with Gasteiger partial charge in [0.05, 0.1) is 18.1 Å². The van der Waals surface area contributed by atoms with Crippen LogP contribution in [0.1, 0.15) is 26.4 Å². The summed E-state index contributed by atoms with van der Waals surface area (Å²) in [5, 5.41) is 16.2. The fourth-order valence-corrected chi connectivity index (χ4v) is 2.83. The second kappa shape index (κ2) is 7.93. The average molecular weight is 395 g/mol.